The van der Waals surface area contributed by atoms with Crippen LogP contribution in [-0.2, 0) is 6.54 Å². The highest BCUT2D eigenvalue weighted by Gasteiger charge is 2.23. The topological polar surface area (TPSA) is 29.3 Å². The van der Waals surface area contributed by atoms with Gasteiger partial charge in [0.2, 0.25) is 0 Å². The first-order valence-electron chi connectivity index (χ1n) is 6.48. The van der Waals surface area contributed by atoms with Gasteiger partial charge < -0.3 is 5.73 Å². The van der Waals surface area contributed by atoms with Gasteiger partial charge in [0.15, 0.2) is 0 Å². The smallest absolute Gasteiger partial charge is 0.127 e. The predicted octanol–water partition coefficient (Wildman–Crippen LogP) is 2.52. The Bertz CT molecular complexity index is 407. The lowest BCUT2D eigenvalue weighted by molar-refractivity contribution is 0.153. The van der Waals surface area contributed by atoms with E-state index in [1.807, 2.05) is 6.92 Å². The van der Waals surface area contributed by atoms with Crippen LogP contribution in [0.25, 0.3) is 0 Å². The van der Waals surface area contributed by atoms with E-state index in [9.17, 15) is 8.78 Å². The second kappa shape index (κ2) is 5.76. The summed E-state index contributed by atoms with van der Waals surface area (Å²) in [6.07, 6.45) is 2.20. The van der Waals surface area contributed by atoms with Crippen molar-refractivity contribution in [2.24, 2.45) is 11.7 Å². The highest BCUT2D eigenvalue weighted by molar-refractivity contribution is 5.18. The maximum absolute atomic E-state index is 13.6. The average molecular weight is 254 g/mol. The summed E-state index contributed by atoms with van der Waals surface area (Å²) in [7, 11) is 0. The third-order valence-corrected chi connectivity index (χ3v) is 3.69. The molecule has 2 N–H and O–H groups in total. The van der Waals surface area contributed by atoms with E-state index in [4.69, 9.17) is 5.73 Å². The summed E-state index contributed by atoms with van der Waals surface area (Å²) in [4.78, 5) is 2.16. The van der Waals surface area contributed by atoms with E-state index in [0.29, 0.717) is 18.0 Å². The van der Waals surface area contributed by atoms with Crippen LogP contribution in [0, 0.1) is 17.6 Å². The van der Waals surface area contributed by atoms with Gasteiger partial charge in [0.1, 0.15) is 11.6 Å². The van der Waals surface area contributed by atoms with E-state index >= 15 is 0 Å². The van der Waals surface area contributed by atoms with Gasteiger partial charge in [0.25, 0.3) is 0 Å². The van der Waals surface area contributed by atoms with E-state index in [1.54, 1.807) is 0 Å². The first-order valence-corrected chi connectivity index (χ1v) is 6.48. The minimum absolute atomic E-state index is 0.158. The Morgan fingerprint density at radius 1 is 1.44 bits per heavy atom. The standard InChI is InChI=1S/C14H20F2N2/c1-10(17)11-3-2-6-18(8-11)9-12-7-13(15)4-5-14(12)16/h4-5,7,10-11H,2-3,6,8-9,17H2,1H3. The number of benzene rings is 1. The van der Waals surface area contributed by atoms with Gasteiger partial charge in [-0.2, -0.15) is 0 Å². The molecule has 1 aliphatic heterocycles. The van der Waals surface area contributed by atoms with Gasteiger partial charge in [-0.1, -0.05) is 0 Å². The molecule has 1 fully saturated rings. The zero-order chi connectivity index (χ0) is 13.1. The summed E-state index contributed by atoms with van der Waals surface area (Å²) in [5.41, 5.74) is 6.35. The maximum Gasteiger partial charge on any atom is 0.127 e. The number of rotatable bonds is 3. The van der Waals surface area contributed by atoms with E-state index in [2.05, 4.69) is 4.90 Å². The molecule has 1 aromatic rings. The molecule has 0 amide bonds. The van der Waals surface area contributed by atoms with Crippen LogP contribution in [0.3, 0.4) is 0 Å². The van der Waals surface area contributed by atoms with E-state index in [1.165, 1.54) is 12.1 Å². The lowest BCUT2D eigenvalue weighted by Gasteiger charge is -2.34. The van der Waals surface area contributed by atoms with Crippen molar-refractivity contribution in [1.82, 2.24) is 4.90 Å². The highest BCUT2D eigenvalue weighted by atomic mass is 19.1. The minimum atomic E-state index is -0.382. The van der Waals surface area contributed by atoms with Crippen LogP contribution in [0.4, 0.5) is 8.78 Å². The first kappa shape index (κ1) is 13.4. The summed E-state index contributed by atoms with van der Waals surface area (Å²) in [6.45, 7) is 4.27. The van der Waals surface area contributed by atoms with Gasteiger partial charge in [0, 0.05) is 24.7 Å². The number of hydrogen-bond donors (Lipinski definition) is 1. The minimum Gasteiger partial charge on any atom is -0.328 e. The van der Waals surface area contributed by atoms with Gasteiger partial charge >= 0.3 is 0 Å². The molecule has 2 rings (SSSR count). The molecule has 2 nitrogen and oxygen atoms in total. The first-order chi connectivity index (χ1) is 8.56. The van der Waals surface area contributed by atoms with Crippen LogP contribution >= 0.6 is 0 Å². The van der Waals surface area contributed by atoms with Crippen molar-refractivity contribution in [2.45, 2.75) is 32.4 Å². The highest BCUT2D eigenvalue weighted by Crippen LogP contribution is 2.21. The lowest BCUT2D eigenvalue weighted by atomic mass is 9.92. The molecule has 1 aliphatic rings. The lowest BCUT2D eigenvalue weighted by Crippen LogP contribution is -2.42. The predicted molar refractivity (Wildman–Crippen MR) is 68.0 cm³/mol. The summed E-state index contributed by atoms with van der Waals surface area (Å²) >= 11 is 0. The molecule has 2 unspecified atom stereocenters. The Morgan fingerprint density at radius 2 is 2.22 bits per heavy atom. The molecule has 0 aromatic heterocycles. The zero-order valence-corrected chi connectivity index (χ0v) is 10.7. The molecule has 100 valence electrons. The summed E-state index contributed by atoms with van der Waals surface area (Å²) in [5.74, 6) is -0.262. The normalized spacial score (nSPS) is 23.0. The largest absolute Gasteiger partial charge is 0.328 e. The second-order valence-corrected chi connectivity index (χ2v) is 5.23. The third kappa shape index (κ3) is 3.27. The molecule has 18 heavy (non-hydrogen) atoms. The molecule has 4 heteroatoms. The molecule has 1 aromatic carbocycles. The number of hydrogen-bond acceptors (Lipinski definition) is 2. The number of piperidine rings is 1. The average Bonchev–Trinajstić information content (AvgIpc) is 2.34. The Morgan fingerprint density at radius 3 is 2.94 bits per heavy atom. The Labute approximate surface area is 107 Å². The molecule has 0 bridgehead atoms. The third-order valence-electron chi connectivity index (χ3n) is 3.69. The molecular formula is C14H20F2N2. The van der Waals surface area contributed by atoms with Gasteiger partial charge in [-0.3, -0.25) is 4.90 Å². The molecule has 0 aliphatic carbocycles. The van der Waals surface area contributed by atoms with Gasteiger partial charge in [-0.05, 0) is 50.4 Å². The Kier molecular flexibility index (Phi) is 4.30. The summed E-state index contributed by atoms with van der Waals surface area (Å²) in [5, 5.41) is 0. The molecule has 0 radical (unpaired) electrons. The molecule has 0 saturated carbocycles. The molecule has 1 heterocycles. The van der Waals surface area contributed by atoms with Crippen LogP contribution in [0.2, 0.25) is 0 Å². The zero-order valence-electron chi connectivity index (χ0n) is 10.7. The van der Waals surface area contributed by atoms with Crippen molar-refractivity contribution in [2.75, 3.05) is 13.1 Å². The van der Waals surface area contributed by atoms with Crippen molar-refractivity contribution < 1.29 is 8.78 Å². The van der Waals surface area contributed by atoms with E-state index in [0.717, 1.165) is 32.0 Å². The van der Waals surface area contributed by atoms with Crippen LogP contribution in [0.5, 0.6) is 0 Å². The molecule has 1 saturated heterocycles. The van der Waals surface area contributed by atoms with Crippen molar-refractivity contribution in [1.29, 1.82) is 0 Å². The summed E-state index contributed by atoms with van der Waals surface area (Å²) in [6, 6.07) is 3.78. The monoisotopic (exact) mass is 254 g/mol. The van der Waals surface area contributed by atoms with Crippen molar-refractivity contribution in [3.63, 3.8) is 0 Å². The van der Waals surface area contributed by atoms with Gasteiger partial charge in [-0.25, -0.2) is 8.78 Å². The van der Waals surface area contributed by atoms with Crippen LogP contribution in [-0.4, -0.2) is 24.0 Å². The van der Waals surface area contributed by atoms with Crippen molar-refractivity contribution >= 4 is 0 Å². The molecule has 0 spiro atoms. The van der Waals surface area contributed by atoms with Gasteiger partial charge in [-0.15, -0.1) is 0 Å². The fraction of sp³-hybridized carbons (Fsp3) is 0.571. The quantitative estimate of drug-likeness (QED) is 0.898. The van der Waals surface area contributed by atoms with Crippen LogP contribution in [0.1, 0.15) is 25.3 Å². The van der Waals surface area contributed by atoms with E-state index in [-0.39, 0.29) is 17.7 Å². The second-order valence-electron chi connectivity index (χ2n) is 5.23. The van der Waals surface area contributed by atoms with Crippen molar-refractivity contribution in [3.8, 4) is 0 Å². The molecular weight excluding hydrogens is 234 g/mol. The molecule has 2 atom stereocenters. The maximum atomic E-state index is 13.6. The number of nitrogens with two attached hydrogens (primary N) is 1. The number of likely N-dealkylation sites (tertiary alicyclic amines) is 1. The summed E-state index contributed by atoms with van der Waals surface area (Å²) < 4.78 is 26.7. The fourth-order valence-electron chi connectivity index (χ4n) is 2.57. The Balaban J connectivity index is 2.02. The van der Waals surface area contributed by atoms with Crippen LogP contribution in [0.15, 0.2) is 18.2 Å². The van der Waals surface area contributed by atoms with Gasteiger partial charge in [0.05, 0.1) is 0 Å². The Hall–Kier alpha value is -1.00. The SMILES string of the molecule is CC(N)C1CCCN(Cc2cc(F)ccc2F)C1. The number of nitrogens with zero attached hydrogens (tertiary/aromatic N) is 1. The fourth-order valence-corrected chi connectivity index (χ4v) is 2.57. The van der Waals surface area contributed by atoms with Crippen LogP contribution < -0.4 is 5.73 Å². The van der Waals surface area contributed by atoms with Crippen molar-refractivity contribution in [3.05, 3.63) is 35.4 Å². The van der Waals surface area contributed by atoms with E-state index < -0.39 is 0 Å². The number of halogens is 2.